The van der Waals surface area contributed by atoms with E-state index in [4.69, 9.17) is 35.4 Å². The number of pyridine rings is 1. The zero-order chi connectivity index (χ0) is 96.2. The van der Waals surface area contributed by atoms with Gasteiger partial charge in [0.15, 0.2) is 23.3 Å². The predicted octanol–water partition coefficient (Wildman–Crippen LogP) is 19.7. The highest BCUT2D eigenvalue weighted by atomic mass is 16.2. The summed E-state index contributed by atoms with van der Waals surface area (Å²) >= 11 is 0. The van der Waals surface area contributed by atoms with Crippen molar-refractivity contribution in [3.05, 3.63) is 354 Å². The number of hydrogen-bond donors (Lipinski definition) is 4. The van der Waals surface area contributed by atoms with Crippen molar-refractivity contribution in [2.45, 2.75) is 129 Å². The molecule has 5 aromatic heterocycles. The van der Waals surface area contributed by atoms with Gasteiger partial charge < -0.3 is 21.3 Å². The van der Waals surface area contributed by atoms with Crippen molar-refractivity contribution in [2.24, 2.45) is 25.9 Å². The third-order valence-corrected chi connectivity index (χ3v) is 27.9. The maximum absolute atomic E-state index is 13.7. The number of hydrogen-bond acceptors (Lipinski definition) is 21. The summed E-state index contributed by atoms with van der Waals surface area (Å²) in [5, 5.41) is 33.8. The molecule has 10 aromatic carbocycles. The molecule has 2 aliphatic carbocycles. The maximum atomic E-state index is 13.7. The number of guanidine groups is 4. The van der Waals surface area contributed by atoms with Crippen LogP contribution in [0, 0.1) is 12.8 Å². The van der Waals surface area contributed by atoms with Crippen LogP contribution in [0.25, 0.3) is 33.5 Å². The normalized spacial score (nSPS) is 18.6. The molecule has 2 saturated carbocycles. The minimum absolute atomic E-state index is 0.0661. The second-order valence-electron chi connectivity index (χ2n) is 37.7. The molecule has 706 valence electrons. The number of aromatic nitrogens is 9. The summed E-state index contributed by atoms with van der Waals surface area (Å²) in [5.41, 5.74) is 18.4. The minimum Gasteiger partial charge on any atom is -0.340 e. The molecule has 141 heavy (non-hydrogen) atoms. The fourth-order valence-electron chi connectivity index (χ4n) is 20.5. The summed E-state index contributed by atoms with van der Waals surface area (Å²) in [6.07, 6.45) is 8.38. The molecule has 4 N–H and O–H groups in total. The van der Waals surface area contributed by atoms with E-state index in [9.17, 15) is 19.2 Å². The van der Waals surface area contributed by atoms with Gasteiger partial charge in [-0.3, -0.25) is 68.4 Å². The van der Waals surface area contributed by atoms with Gasteiger partial charge >= 0.3 is 0 Å². The lowest BCUT2D eigenvalue weighted by atomic mass is 10.0. The van der Waals surface area contributed by atoms with E-state index in [0.717, 1.165) is 124 Å². The second-order valence-corrected chi connectivity index (χ2v) is 37.7. The minimum atomic E-state index is -0.104. The van der Waals surface area contributed by atoms with E-state index in [1.807, 2.05) is 209 Å². The first-order chi connectivity index (χ1) is 68.9. The molecule has 4 amide bonds. The highest BCUT2D eigenvalue weighted by Gasteiger charge is 2.53. The molecule has 0 spiro atoms. The van der Waals surface area contributed by atoms with Crippen LogP contribution in [0.2, 0.25) is 0 Å². The molecular weight excluding hydrogens is 1760 g/mol. The van der Waals surface area contributed by atoms with Crippen molar-refractivity contribution in [3.8, 4) is 33.5 Å². The number of nitrogens with one attached hydrogen (secondary N) is 4. The summed E-state index contributed by atoms with van der Waals surface area (Å²) in [5.74, 6) is 8.42. The molecule has 10 aliphatic rings. The third kappa shape index (κ3) is 17.2. The SMILES string of the molecule is CC(C)[C@@H]1CN2C(=N1)N(C)C(=O)c1c2nn(Cc2ccc(-c3ccccc3)cc2)c1Nc1ccccc1.CN1C(=O)c2c(Nc3ccccc3)nn(Cc3ccc(-c4ccccn4)cc3)c2N2C1=N[C@@H]1CCC[C@@H]12.C[C@@H]1CN=C2N(C)C(=O)c3c(nn(Cc4ccc(-c5ccccc5)cc4)c3Nc3ccccc3)N21.Cc1ccc(Cn2nc3c(c2Nc2ccccc2)C(=O)N(C)C2=N[C@@H]4CCC[C@@H]4N23)cc1. The molecule has 13 heterocycles. The van der Waals surface area contributed by atoms with Gasteiger partial charge in [0.2, 0.25) is 23.8 Å². The summed E-state index contributed by atoms with van der Waals surface area (Å²) in [4.78, 5) is 93.4. The Labute approximate surface area is 818 Å². The van der Waals surface area contributed by atoms with E-state index in [-0.39, 0.29) is 59.9 Å². The summed E-state index contributed by atoms with van der Waals surface area (Å²) in [7, 11) is 7.22. The van der Waals surface area contributed by atoms with Gasteiger partial charge in [0, 0.05) is 62.7 Å². The first-order valence-corrected chi connectivity index (χ1v) is 48.5. The number of aryl methyl sites for hydroxylation is 1. The zero-order valence-electron chi connectivity index (χ0n) is 79.9. The molecule has 0 unspecified atom stereocenters. The molecule has 15 aromatic rings. The molecule has 6 atom stereocenters. The smallest absolute Gasteiger partial charge is 0.267 e. The number of nitrogens with zero attached hydrogens (tertiary/aromatic N) is 21. The molecule has 0 bridgehead atoms. The van der Waals surface area contributed by atoms with Gasteiger partial charge in [-0.05, 0) is 163 Å². The Morgan fingerprint density at radius 1 is 0.355 bits per heavy atom. The van der Waals surface area contributed by atoms with Crippen molar-refractivity contribution in [1.82, 2.24) is 63.7 Å². The molecule has 29 nitrogen and oxygen atoms in total. The first kappa shape index (κ1) is 89.4. The summed E-state index contributed by atoms with van der Waals surface area (Å²) in [6.45, 7) is 12.0. The first-order valence-electron chi connectivity index (χ1n) is 48.5. The molecule has 0 radical (unpaired) electrons. The zero-order valence-corrected chi connectivity index (χ0v) is 79.9. The van der Waals surface area contributed by atoms with Gasteiger partial charge in [-0.2, -0.15) is 20.4 Å². The standard InChI is InChI=1S/C30H30N6O.C29H27N7O.C28H26N6O.C25H26N6O/c1-20(2)25-19-35-28-26(29(37)34(3)30(35)32-25)27(31-24-12-8-5-9-13-24)36(33-28)18-21-14-16-23(17-15-21)22-10-6-4-7-11-22;1-34-28(37)25-26(31-21-8-3-2-4-9-21)33-35(27(25)36-24-12-7-11-23(24)32-29(34)36)18-19-13-15-20(16-14-19)22-10-5-6-17-30-22;1-19-17-29-28-32(2)27(35)24-25(30-23-11-7-4-8-12-23)33(31-26(24)34(19)28)18-20-13-15-22(16-14-20)21-9-5-3-6-10-21;1-16-11-13-17(14-12-16)15-30-22(26-18-7-4-3-5-8-18)21-23(28-30)31-20-10-6-9-19(20)27-25(31)29(2)24(21)32/h4-17,20,25,31H,18-19H2,1-3H3;2-6,8-10,13-17,23-24H,7,11-12,18H2,1H3,(H,31,33);3-16,19,30H,17-18H2,1-2H3;3-5,7-8,11-14,19-20,26H,6,9-10,15H2,1-2H3/t25-;23-,24+;19-;19-,20+/m0111/s1. The average Bonchev–Trinajstić information content (AvgIpc) is 1.56. The van der Waals surface area contributed by atoms with E-state index in [1.165, 1.54) is 27.8 Å². The number of carbonyl (C=O) groups excluding carboxylic acids is 4. The van der Waals surface area contributed by atoms with Gasteiger partial charge in [-0.1, -0.05) is 256 Å². The van der Waals surface area contributed by atoms with Gasteiger partial charge in [0.05, 0.1) is 81.2 Å². The predicted molar refractivity (Wildman–Crippen MR) is 558 cm³/mol. The number of aliphatic imine (C=N–C) groups is 4. The molecule has 0 saturated heterocycles. The lowest BCUT2D eigenvalue weighted by molar-refractivity contribution is 0.0857. The van der Waals surface area contributed by atoms with Crippen molar-refractivity contribution >= 4 is 117 Å². The second kappa shape index (κ2) is 37.9. The van der Waals surface area contributed by atoms with E-state index < -0.39 is 0 Å². The van der Waals surface area contributed by atoms with Gasteiger partial charge in [-0.15, -0.1) is 0 Å². The largest absolute Gasteiger partial charge is 0.340 e. The van der Waals surface area contributed by atoms with Crippen LogP contribution in [0.3, 0.4) is 0 Å². The molecule has 2 fully saturated rings. The Morgan fingerprint density at radius 2 is 0.730 bits per heavy atom. The fourth-order valence-corrected chi connectivity index (χ4v) is 20.5. The van der Waals surface area contributed by atoms with Crippen LogP contribution in [-0.4, -0.2) is 189 Å². The third-order valence-electron chi connectivity index (χ3n) is 27.9. The number of fused-ring (bicyclic) bond motifs is 16. The highest BCUT2D eigenvalue weighted by molar-refractivity contribution is 6.24. The van der Waals surface area contributed by atoms with E-state index in [1.54, 1.807) is 39.9 Å². The van der Waals surface area contributed by atoms with Crippen LogP contribution in [0.1, 0.15) is 129 Å². The van der Waals surface area contributed by atoms with Gasteiger partial charge in [0.25, 0.3) is 23.6 Å². The molecule has 29 heteroatoms. The van der Waals surface area contributed by atoms with Crippen molar-refractivity contribution < 1.29 is 19.2 Å². The fraction of sp³-hybridized carbons (Fsp3) is 0.241. The Morgan fingerprint density at radius 3 is 1.19 bits per heavy atom. The number of carbonyl (C=O) groups is 4. The molecular formula is C112H109N25O4. The Hall–Kier alpha value is -16.9. The summed E-state index contributed by atoms with van der Waals surface area (Å²) in [6, 6.07) is 101. The van der Waals surface area contributed by atoms with Crippen molar-refractivity contribution in [3.63, 3.8) is 0 Å². The van der Waals surface area contributed by atoms with Crippen LogP contribution in [0.5, 0.6) is 0 Å². The van der Waals surface area contributed by atoms with Gasteiger partial charge in [-0.25, -0.2) is 33.7 Å². The van der Waals surface area contributed by atoms with Crippen LogP contribution >= 0.6 is 0 Å². The summed E-state index contributed by atoms with van der Waals surface area (Å²) < 4.78 is 7.71. The van der Waals surface area contributed by atoms with Crippen molar-refractivity contribution in [2.75, 3.05) is 82.1 Å². The van der Waals surface area contributed by atoms with Crippen LogP contribution in [0.15, 0.2) is 323 Å². The van der Waals surface area contributed by atoms with Crippen molar-refractivity contribution in [1.29, 1.82) is 0 Å². The Kier molecular flexibility index (Phi) is 24.0. The highest BCUT2D eigenvalue weighted by Crippen LogP contribution is 2.48. The monoisotopic (exact) mass is 1870 g/mol. The molecule has 8 aliphatic heterocycles. The number of benzene rings is 10. The number of rotatable bonds is 20. The van der Waals surface area contributed by atoms with Crippen LogP contribution < -0.4 is 40.9 Å². The number of amides is 4. The van der Waals surface area contributed by atoms with E-state index >= 15 is 0 Å². The topological polar surface area (TPSA) is 276 Å². The maximum Gasteiger partial charge on any atom is 0.267 e. The average molecular weight is 1870 g/mol. The lowest BCUT2D eigenvalue weighted by Crippen LogP contribution is -2.52. The quantitative estimate of drug-likeness (QED) is 0.0552. The van der Waals surface area contributed by atoms with Crippen LogP contribution in [-0.2, 0) is 26.2 Å². The number of para-hydroxylation sites is 4. The van der Waals surface area contributed by atoms with Gasteiger partial charge in [0.1, 0.15) is 45.5 Å². The lowest BCUT2D eigenvalue weighted by Gasteiger charge is -2.35. The van der Waals surface area contributed by atoms with E-state index in [2.05, 4.69) is 200 Å². The van der Waals surface area contributed by atoms with E-state index in [0.29, 0.717) is 108 Å². The Balaban J connectivity index is 0.000000108. The molecule has 25 rings (SSSR count). The van der Waals surface area contributed by atoms with Crippen LogP contribution in [0.4, 0.5) is 69.3 Å². The Bertz CT molecular complexity index is 7320. The number of anilines is 12.